The van der Waals surface area contributed by atoms with Crippen molar-refractivity contribution >= 4 is 43.8 Å². The number of carbonyl (C=O) groups excluding carboxylic acids is 1. The Morgan fingerprint density at radius 3 is 2.18 bits per heavy atom. The van der Waals surface area contributed by atoms with Gasteiger partial charge in [-0.05, 0) is 87.9 Å². The largest absolute Gasteiger partial charge is 0.494 e. The van der Waals surface area contributed by atoms with Crippen molar-refractivity contribution in [2.45, 2.75) is 25.7 Å². The fourth-order valence-electron chi connectivity index (χ4n) is 2.29. The maximum atomic E-state index is 11.9. The molecule has 0 unspecified atom stereocenters. The van der Waals surface area contributed by atoms with Gasteiger partial charge < -0.3 is 25.3 Å². The van der Waals surface area contributed by atoms with E-state index in [1.54, 1.807) is 13.2 Å². The van der Waals surface area contributed by atoms with Crippen LogP contribution in [0.2, 0.25) is 0 Å². The molecule has 0 fully saturated rings. The smallest absolute Gasteiger partial charge is 0.244 e. The Morgan fingerprint density at radius 1 is 1.04 bits per heavy atom. The molecule has 0 aliphatic rings. The van der Waals surface area contributed by atoms with Crippen LogP contribution in [0.5, 0.6) is 5.75 Å². The second-order valence-corrected chi connectivity index (χ2v) is 7.78. The molecule has 1 rings (SSSR count). The van der Waals surface area contributed by atoms with E-state index in [4.69, 9.17) is 19.9 Å². The third-order valence-corrected chi connectivity index (χ3v) is 4.91. The van der Waals surface area contributed by atoms with E-state index in [9.17, 15) is 4.79 Å². The molecule has 0 saturated carbocycles. The van der Waals surface area contributed by atoms with Crippen molar-refractivity contribution in [2.24, 2.45) is 5.73 Å². The molecular formula is C20H30Br2N2O4. The average Bonchev–Trinajstić information content (AvgIpc) is 2.67. The van der Waals surface area contributed by atoms with Crippen LogP contribution < -0.4 is 15.8 Å². The van der Waals surface area contributed by atoms with Gasteiger partial charge in [0.15, 0.2) is 0 Å². The molecule has 0 atom stereocenters. The molecule has 0 spiro atoms. The number of carbonyl (C=O) groups is 1. The van der Waals surface area contributed by atoms with E-state index in [0.29, 0.717) is 19.7 Å². The summed E-state index contributed by atoms with van der Waals surface area (Å²) in [5.41, 5.74) is 6.29. The summed E-state index contributed by atoms with van der Waals surface area (Å²) in [6, 6.07) is 3.79. The SMILES string of the molecule is COc1c(Br)cc(/C=C/C(=O)NCCCOCCCCOCCCN)cc1Br. The van der Waals surface area contributed by atoms with Crippen LogP contribution in [-0.4, -0.2) is 52.5 Å². The lowest BCUT2D eigenvalue weighted by Gasteiger charge is -2.07. The van der Waals surface area contributed by atoms with Gasteiger partial charge in [0.2, 0.25) is 5.91 Å². The first-order chi connectivity index (χ1) is 13.6. The number of amides is 1. The third kappa shape index (κ3) is 11.2. The Kier molecular flexibility index (Phi) is 14.3. The number of hydrogen-bond donors (Lipinski definition) is 2. The van der Waals surface area contributed by atoms with Gasteiger partial charge in [0.1, 0.15) is 5.75 Å². The predicted octanol–water partition coefficient (Wildman–Crippen LogP) is 3.90. The zero-order chi connectivity index (χ0) is 20.6. The summed E-state index contributed by atoms with van der Waals surface area (Å²) >= 11 is 6.89. The standard InChI is InChI=1S/C20H30Br2N2O4/c1-26-20-17(21)14-16(15-18(20)22)6-7-19(25)24-9-5-13-28-11-3-2-10-27-12-4-8-23/h6-7,14-15H,2-5,8-13,23H2,1H3,(H,24,25)/b7-6+. The minimum atomic E-state index is -0.127. The number of ether oxygens (including phenoxy) is 3. The highest BCUT2D eigenvalue weighted by Crippen LogP contribution is 2.34. The molecular weight excluding hydrogens is 492 g/mol. The van der Waals surface area contributed by atoms with Crippen LogP contribution in [0.3, 0.4) is 0 Å². The monoisotopic (exact) mass is 520 g/mol. The molecule has 158 valence electrons. The second kappa shape index (κ2) is 15.9. The number of nitrogens with two attached hydrogens (primary N) is 1. The molecule has 28 heavy (non-hydrogen) atoms. The minimum absolute atomic E-state index is 0.127. The zero-order valence-electron chi connectivity index (χ0n) is 16.3. The van der Waals surface area contributed by atoms with E-state index in [1.807, 2.05) is 12.1 Å². The molecule has 1 aromatic rings. The number of methoxy groups -OCH3 is 1. The Morgan fingerprint density at radius 2 is 1.61 bits per heavy atom. The number of hydrogen-bond acceptors (Lipinski definition) is 5. The predicted molar refractivity (Wildman–Crippen MR) is 120 cm³/mol. The summed E-state index contributed by atoms with van der Waals surface area (Å²) in [5, 5.41) is 2.85. The highest BCUT2D eigenvalue weighted by Gasteiger charge is 2.06. The molecule has 6 nitrogen and oxygen atoms in total. The molecule has 0 saturated heterocycles. The first-order valence-corrected chi connectivity index (χ1v) is 11.0. The van der Waals surface area contributed by atoms with Crippen molar-refractivity contribution in [1.29, 1.82) is 0 Å². The van der Waals surface area contributed by atoms with E-state index < -0.39 is 0 Å². The molecule has 0 aromatic heterocycles. The Labute approximate surface area is 184 Å². The maximum absolute atomic E-state index is 11.9. The summed E-state index contributed by atoms with van der Waals surface area (Å²) in [7, 11) is 1.61. The van der Waals surface area contributed by atoms with Gasteiger partial charge in [-0.3, -0.25) is 4.79 Å². The normalized spacial score (nSPS) is 11.1. The number of halogens is 2. The van der Waals surface area contributed by atoms with Crippen LogP contribution in [0.1, 0.15) is 31.2 Å². The van der Waals surface area contributed by atoms with Crippen molar-refractivity contribution in [3.8, 4) is 5.75 Å². The van der Waals surface area contributed by atoms with Gasteiger partial charge in [-0.15, -0.1) is 0 Å². The molecule has 8 heteroatoms. The molecule has 3 N–H and O–H groups in total. The number of nitrogens with one attached hydrogen (secondary N) is 1. The van der Waals surface area contributed by atoms with Crippen LogP contribution in [-0.2, 0) is 14.3 Å². The Balaban J connectivity index is 2.09. The van der Waals surface area contributed by atoms with Crippen molar-refractivity contribution in [1.82, 2.24) is 5.32 Å². The lowest BCUT2D eigenvalue weighted by Crippen LogP contribution is -2.23. The highest BCUT2D eigenvalue weighted by molar-refractivity contribution is 9.11. The van der Waals surface area contributed by atoms with Crippen LogP contribution in [0.25, 0.3) is 6.08 Å². The molecule has 0 aliphatic carbocycles. The molecule has 0 radical (unpaired) electrons. The van der Waals surface area contributed by atoms with Gasteiger partial charge in [0.25, 0.3) is 0 Å². The number of unbranched alkanes of at least 4 members (excludes halogenated alkanes) is 1. The zero-order valence-corrected chi connectivity index (χ0v) is 19.5. The van der Waals surface area contributed by atoms with Gasteiger partial charge in [-0.1, -0.05) is 0 Å². The van der Waals surface area contributed by atoms with E-state index in [-0.39, 0.29) is 5.91 Å². The molecule has 0 bridgehead atoms. The number of rotatable bonds is 15. The lowest BCUT2D eigenvalue weighted by atomic mass is 10.2. The fourth-order valence-corrected chi connectivity index (χ4v) is 3.83. The third-order valence-electron chi connectivity index (χ3n) is 3.74. The van der Waals surface area contributed by atoms with Crippen molar-refractivity contribution in [3.63, 3.8) is 0 Å². The maximum Gasteiger partial charge on any atom is 0.244 e. The fraction of sp³-hybridized carbons (Fsp3) is 0.550. The first kappa shape index (κ1) is 25.1. The summed E-state index contributed by atoms with van der Waals surface area (Å²) in [5.74, 6) is 0.596. The first-order valence-electron chi connectivity index (χ1n) is 9.43. The van der Waals surface area contributed by atoms with Gasteiger partial charge >= 0.3 is 0 Å². The average molecular weight is 522 g/mol. The second-order valence-electron chi connectivity index (χ2n) is 6.07. The molecule has 1 amide bonds. The van der Waals surface area contributed by atoms with E-state index in [2.05, 4.69) is 37.2 Å². The molecule has 1 aromatic carbocycles. The topological polar surface area (TPSA) is 82.8 Å². The summed E-state index contributed by atoms with van der Waals surface area (Å²) < 4.78 is 17.9. The quantitative estimate of drug-likeness (QED) is 0.270. The van der Waals surface area contributed by atoms with Crippen LogP contribution in [0, 0.1) is 0 Å². The van der Waals surface area contributed by atoms with Crippen LogP contribution >= 0.6 is 31.9 Å². The van der Waals surface area contributed by atoms with Crippen LogP contribution in [0.4, 0.5) is 0 Å². The van der Waals surface area contributed by atoms with Gasteiger partial charge in [0.05, 0.1) is 16.1 Å². The summed E-state index contributed by atoms with van der Waals surface area (Å²) in [6.07, 6.45) is 6.94. The van der Waals surface area contributed by atoms with Gasteiger partial charge in [0, 0.05) is 39.0 Å². The summed E-state index contributed by atoms with van der Waals surface area (Å²) in [4.78, 5) is 11.9. The van der Waals surface area contributed by atoms with E-state index >= 15 is 0 Å². The van der Waals surface area contributed by atoms with E-state index in [0.717, 1.165) is 65.8 Å². The Bertz CT molecular complexity index is 589. The summed E-state index contributed by atoms with van der Waals surface area (Å²) in [6.45, 7) is 4.10. The molecule has 0 heterocycles. The van der Waals surface area contributed by atoms with Crippen molar-refractivity contribution in [3.05, 3.63) is 32.7 Å². The van der Waals surface area contributed by atoms with Crippen molar-refractivity contribution < 1.29 is 19.0 Å². The van der Waals surface area contributed by atoms with Crippen LogP contribution in [0.15, 0.2) is 27.2 Å². The number of benzene rings is 1. The van der Waals surface area contributed by atoms with Gasteiger partial charge in [-0.2, -0.15) is 0 Å². The van der Waals surface area contributed by atoms with E-state index in [1.165, 1.54) is 6.08 Å². The Hall–Kier alpha value is -0.930. The lowest BCUT2D eigenvalue weighted by molar-refractivity contribution is -0.116. The minimum Gasteiger partial charge on any atom is -0.494 e. The van der Waals surface area contributed by atoms with Gasteiger partial charge in [-0.25, -0.2) is 0 Å². The molecule has 0 aliphatic heterocycles. The highest BCUT2D eigenvalue weighted by atomic mass is 79.9. The van der Waals surface area contributed by atoms with Crippen molar-refractivity contribution in [2.75, 3.05) is 46.6 Å².